The van der Waals surface area contributed by atoms with Crippen LogP contribution in [0, 0.1) is 0 Å². The summed E-state index contributed by atoms with van der Waals surface area (Å²) in [6, 6.07) is 7.33. The van der Waals surface area contributed by atoms with Gasteiger partial charge in [0, 0.05) is 5.75 Å². The molecule has 0 aromatic heterocycles. The van der Waals surface area contributed by atoms with Gasteiger partial charge in [0.05, 0.1) is 12.5 Å². The molecule has 0 bridgehead atoms. The Hall–Kier alpha value is -0.580. The van der Waals surface area contributed by atoms with Crippen molar-refractivity contribution in [2.75, 3.05) is 31.1 Å². The molecule has 1 aromatic carbocycles. The molecule has 0 saturated heterocycles. The molecule has 1 N–H and O–H groups in total. The summed E-state index contributed by atoms with van der Waals surface area (Å²) in [6.45, 7) is 0.905. The number of ether oxygens (including phenoxy) is 2. The average molecular weight is 277 g/mol. The van der Waals surface area contributed by atoms with Crippen LogP contribution in [0.5, 0.6) is 11.5 Å². The number of aliphatic hydroxyl groups excluding tert-OH is 1. The number of hydrogen-bond donors (Lipinski definition) is 1. The molecular formula is C12H17ClO3S. The lowest BCUT2D eigenvalue weighted by Gasteiger charge is -2.10. The molecule has 1 rings (SSSR count). The summed E-state index contributed by atoms with van der Waals surface area (Å²) in [7, 11) is 0. The number of rotatable bonds is 8. The van der Waals surface area contributed by atoms with Crippen molar-refractivity contribution >= 4 is 23.4 Å². The van der Waals surface area contributed by atoms with Crippen molar-refractivity contribution in [1.29, 1.82) is 0 Å². The zero-order valence-corrected chi connectivity index (χ0v) is 11.3. The van der Waals surface area contributed by atoms with E-state index >= 15 is 0 Å². The van der Waals surface area contributed by atoms with Crippen LogP contribution in [0.25, 0.3) is 0 Å². The van der Waals surface area contributed by atoms with Gasteiger partial charge in [-0.2, -0.15) is 11.8 Å². The van der Waals surface area contributed by atoms with Crippen LogP contribution in [-0.2, 0) is 0 Å². The first kappa shape index (κ1) is 14.5. The van der Waals surface area contributed by atoms with Gasteiger partial charge in [-0.1, -0.05) is 0 Å². The molecule has 0 aliphatic carbocycles. The van der Waals surface area contributed by atoms with Gasteiger partial charge < -0.3 is 14.6 Å². The molecule has 0 aliphatic rings. The molecule has 0 fully saturated rings. The monoisotopic (exact) mass is 276 g/mol. The molecular weight excluding hydrogens is 260 g/mol. The first-order chi connectivity index (χ1) is 8.26. The van der Waals surface area contributed by atoms with Crippen LogP contribution in [0.3, 0.4) is 0 Å². The molecule has 5 heteroatoms. The number of benzene rings is 1. The van der Waals surface area contributed by atoms with E-state index in [1.165, 1.54) is 0 Å². The number of alkyl halides is 1. The molecule has 0 saturated carbocycles. The van der Waals surface area contributed by atoms with Gasteiger partial charge in [-0.05, 0) is 30.5 Å². The Morgan fingerprint density at radius 1 is 1.24 bits per heavy atom. The van der Waals surface area contributed by atoms with Gasteiger partial charge in [0.25, 0.3) is 0 Å². The zero-order chi connectivity index (χ0) is 12.5. The Morgan fingerprint density at radius 3 is 2.35 bits per heavy atom. The number of hydrogen-bond acceptors (Lipinski definition) is 4. The molecule has 3 nitrogen and oxygen atoms in total. The predicted molar refractivity (Wildman–Crippen MR) is 72.5 cm³/mol. The van der Waals surface area contributed by atoms with Gasteiger partial charge in [0.1, 0.15) is 24.2 Å². The molecule has 1 unspecified atom stereocenters. The van der Waals surface area contributed by atoms with Crippen molar-refractivity contribution in [2.45, 2.75) is 6.10 Å². The maximum absolute atomic E-state index is 9.23. The highest BCUT2D eigenvalue weighted by atomic mass is 35.5. The Balaban J connectivity index is 2.34. The van der Waals surface area contributed by atoms with E-state index in [-0.39, 0.29) is 12.5 Å². The van der Waals surface area contributed by atoms with Crippen LogP contribution < -0.4 is 9.47 Å². The van der Waals surface area contributed by atoms with Gasteiger partial charge in [0.2, 0.25) is 0 Å². The molecule has 1 aromatic rings. The van der Waals surface area contributed by atoms with Crippen molar-refractivity contribution in [2.24, 2.45) is 0 Å². The lowest BCUT2D eigenvalue weighted by atomic mass is 10.3. The molecule has 17 heavy (non-hydrogen) atoms. The standard InChI is InChI=1S/C12H17ClO3S/c1-17-7-6-15-11-2-4-12(5-3-11)16-9-10(14)8-13/h2-5,10,14H,6-9H2,1H3. The van der Waals surface area contributed by atoms with E-state index in [0.717, 1.165) is 11.5 Å². The maximum Gasteiger partial charge on any atom is 0.119 e. The fourth-order valence-electron chi connectivity index (χ4n) is 1.11. The Morgan fingerprint density at radius 2 is 1.82 bits per heavy atom. The fraction of sp³-hybridized carbons (Fsp3) is 0.500. The summed E-state index contributed by atoms with van der Waals surface area (Å²) in [5.41, 5.74) is 0. The molecule has 1 atom stereocenters. The minimum Gasteiger partial charge on any atom is -0.493 e. The summed E-state index contributed by atoms with van der Waals surface area (Å²) < 4.78 is 10.8. The largest absolute Gasteiger partial charge is 0.493 e. The van der Waals surface area contributed by atoms with E-state index in [2.05, 4.69) is 0 Å². The van der Waals surface area contributed by atoms with Crippen molar-refractivity contribution < 1.29 is 14.6 Å². The summed E-state index contributed by atoms with van der Waals surface area (Å²) in [4.78, 5) is 0. The van der Waals surface area contributed by atoms with Crippen LogP contribution in [0.4, 0.5) is 0 Å². The molecule has 96 valence electrons. The van der Waals surface area contributed by atoms with Crippen molar-refractivity contribution in [1.82, 2.24) is 0 Å². The SMILES string of the molecule is CSCCOc1ccc(OCC(O)CCl)cc1. The molecule has 0 aliphatic heterocycles. The van der Waals surface area contributed by atoms with E-state index in [0.29, 0.717) is 12.4 Å². The second kappa shape index (κ2) is 8.50. The van der Waals surface area contributed by atoms with Crippen molar-refractivity contribution in [3.05, 3.63) is 24.3 Å². The first-order valence-corrected chi connectivity index (χ1v) is 7.27. The van der Waals surface area contributed by atoms with Gasteiger partial charge in [0.15, 0.2) is 0 Å². The molecule has 0 heterocycles. The lowest BCUT2D eigenvalue weighted by molar-refractivity contribution is 0.125. The van der Waals surface area contributed by atoms with Crippen LogP contribution in [0.15, 0.2) is 24.3 Å². The summed E-state index contributed by atoms with van der Waals surface area (Å²) in [5.74, 6) is 2.67. The van der Waals surface area contributed by atoms with Crippen molar-refractivity contribution in [3.8, 4) is 11.5 Å². The minimum atomic E-state index is -0.630. The van der Waals surface area contributed by atoms with Crippen molar-refractivity contribution in [3.63, 3.8) is 0 Å². The summed E-state index contributed by atoms with van der Waals surface area (Å²) in [6.07, 6.45) is 1.41. The molecule has 0 spiro atoms. The maximum atomic E-state index is 9.23. The van der Waals surface area contributed by atoms with Crippen LogP contribution >= 0.6 is 23.4 Å². The van der Waals surface area contributed by atoms with Gasteiger partial charge >= 0.3 is 0 Å². The van der Waals surface area contributed by atoms with E-state index in [4.69, 9.17) is 21.1 Å². The predicted octanol–water partition coefficient (Wildman–Crippen LogP) is 2.41. The summed E-state index contributed by atoms with van der Waals surface area (Å²) >= 11 is 7.21. The summed E-state index contributed by atoms with van der Waals surface area (Å²) in [5, 5.41) is 9.23. The van der Waals surface area contributed by atoms with E-state index in [1.807, 2.05) is 30.5 Å². The molecule has 0 radical (unpaired) electrons. The second-order valence-electron chi connectivity index (χ2n) is 3.43. The number of aliphatic hydroxyl groups is 1. The van der Waals surface area contributed by atoms with E-state index in [9.17, 15) is 5.11 Å². The lowest BCUT2D eigenvalue weighted by Crippen LogP contribution is -2.18. The highest BCUT2D eigenvalue weighted by Crippen LogP contribution is 2.17. The van der Waals surface area contributed by atoms with Gasteiger partial charge in [-0.15, -0.1) is 11.6 Å². The zero-order valence-electron chi connectivity index (χ0n) is 9.77. The quantitative estimate of drug-likeness (QED) is 0.585. The second-order valence-corrected chi connectivity index (χ2v) is 4.73. The van der Waals surface area contributed by atoms with Gasteiger partial charge in [-0.25, -0.2) is 0 Å². The third-order valence-corrected chi connectivity index (χ3v) is 2.93. The highest BCUT2D eigenvalue weighted by Gasteiger charge is 2.03. The fourth-order valence-corrected chi connectivity index (χ4v) is 1.45. The Labute approximate surface area is 111 Å². The Kier molecular flexibility index (Phi) is 7.24. The topological polar surface area (TPSA) is 38.7 Å². The van der Waals surface area contributed by atoms with Crippen LogP contribution in [0.2, 0.25) is 0 Å². The normalized spacial score (nSPS) is 12.2. The number of halogens is 1. The smallest absolute Gasteiger partial charge is 0.119 e. The van der Waals surface area contributed by atoms with E-state index in [1.54, 1.807) is 11.8 Å². The van der Waals surface area contributed by atoms with Crippen LogP contribution in [0.1, 0.15) is 0 Å². The third kappa shape index (κ3) is 6.05. The average Bonchev–Trinajstić information content (AvgIpc) is 2.37. The van der Waals surface area contributed by atoms with E-state index < -0.39 is 6.10 Å². The third-order valence-electron chi connectivity index (χ3n) is 2.00. The highest BCUT2D eigenvalue weighted by molar-refractivity contribution is 7.98. The van der Waals surface area contributed by atoms with Crippen LogP contribution in [-0.4, -0.2) is 42.3 Å². The Bertz CT molecular complexity index is 305. The number of thioether (sulfide) groups is 1. The molecule has 0 amide bonds. The minimum absolute atomic E-state index is 0.176. The van der Waals surface area contributed by atoms with Gasteiger partial charge in [-0.3, -0.25) is 0 Å². The first-order valence-electron chi connectivity index (χ1n) is 5.35.